The maximum absolute atomic E-state index is 14.2. The number of hydrogen-bond donors (Lipinski definition) is 3. The van der Waals surface area contributed by atoms with E-state index in [0.29, 0.717) is 16.9 Å². The van der Waals surface area contributed by atoms with Crippen LogP contribution in [0.25, 0.3) is 0 Å². The molecule has 0 radical (unpaired) electrons. The van der Waals surface area contributed by atoms with Crippen LogP contribution in [0.15, 0.2) is 81.8 Å². The van der Waals surface area contributed by atoms with Gasteiger partial charge in [0, 0.05) is 5.56 Å². The normalized spacial score (nSPS) is 12.3. The zero-order valence-electron chi connectivity index (χ0n) is 20.3. The summed E-state index contributed by atoms with van der Waals surface area (Å²) < 4.78 is 54.7. The number of halogens is 4. The smallest absolute Gasteiger partial charge is 0.406 e. The van der Waals surface area contributed by atoms with Crippen LogP contribution in [0.2, 0.25) is 0 Å². The van der Waals surface area contributed by atoms with Crippen LogP contribution in [0.5, 0.6) is 5.75 Å². The SMILES string of the molecule is CC(C)c1cccc(F)c1NC(=S)N/N=C\c1ccc(C(N)=NC=Nc2ccc(OC(F)(F)F)cc2)cc1. The molecule has 0 atom stereocenters. The highest BCUT2D eigenvalue weighted by Gasteiger charge is 2.30. The summed E-state index contributed by atoms with van der Waals surface area (Å²) in [6.45, 7) is 3.92. The lowest BCUT2D eigenvalue weighted by Crippen LogP contribution is -2.25. The highest BCUT2D eigenvalue weighted by molar-refractivity contribution is 7.80. The van der Waals surface area contributed by atoms with Gasteiger partial charge in [0.15, 0.2) is 5.11 Å². The number of alkyl halides is 3. The number of benzene rings is 3. The molecule has 0 heterocycles. The minimum atomic E-state index is -4.76. The third-order valence-electron chi connectivity index (χ3n) is 4.97. The molecule has 0 saturated carbocycles. The van der Waals surface area contributed by atoms with Crippen LogP contribution in [-0.4, -0.2) is 29.9 Å². The molecule has 4 N–H and O–H groups in total. The number of rotatable bonds is 8. The maximum atomic E-state index is 14.2. The van der Waals surface area contributed by atoms with Gasteiger partial charge in [-0.15, -0.1) is 13.2 Å². The van der Waals surface area contributed by atoms with Crippen molar-refractivity contribution in [3.63, 3.8) is 0 Å². The second-order valence-electron chi connectivity index (χ2n) is 8.11. The van der Waals surface area contributed by atoms with Gasteiger partial charge in [-0.25, -0.2) is 14.4 Å². The number of aliphatic imine (C=N–C) groups is 2. The molecule has 198 valence electrons. The third kappa shape index (κ3) is 8.66. The molecule has 0 aliphatic rings. The summed E-state index contributed by atoms with van der Waals surface area (Å²) in [5.41, 5.74) is 11.5. The first-order valence-electron chi connectivity index (χ1n) is 11.2. The number of hydrogen-bond acceptors (Lipinski definition) is 4. The molecule has 0 aliphatic carbocycles. The minimum Gasteiger partial charge on any atom is -0.406 e. The topological polar surface area (TPSA) is 96.4 Å². The molecule has 0 spiro atoms. The molecule has 0 aliphatic heterocycles. The number of anilines is 1. The van der Waals surface area contributed by atoms with Gasteiger partial charge in [-0.1, -0.05) is 50.2 Å². The fourth-order valence-electron chi connectivity index (χ4n) is 3.17. The van der Waals surface area contributed by atoms with Gasteiger partial charge < -0.3 is 15.8 Å². The van der Waals surface area contributed by atoms with Crippen LogP contribution in [0.3, 0.4) is 0 Å². The molecule has 0 unspecified atom stereocenters. The van der Waals surface area contributed by atoms with Crippen molar-refractivity contribution in [2.45, 2.75) is 26.1 Å². The highest BCUT2D eigenvalue weighted by Crippen LogP contribution is 2.27. The van der Waals surface area contributed by atoms with Crippen molar-refractivity contribution in [3.8, 4) is 5.75 Å². The Bertz CT molecular complexity index is 1340. The molecular weight excluding hydrogens is 520 g/mol. The Labute approximate surface area is 222 Å². The van der Waals surface area contributed by atoms with Crippen molar-refractivity contribution in [1.29, 1.82) is 0 Å². The summed E-state index contributed by atoms with van der Waals surface area (Å²) >= 11 is 5.22. The van der Waals surface area contributed by atoms with Crippen molar-refractivity contribution in [2.24, 2.45) is 20.8 Å². The lowest BCUT2D eigenvalue weighted by atomic mass is 10.0. The molecule has 12 heteroatoms. The summed E-state index contributed by atoms with van der Waals surface area (Å²) in [7, 11) is 0. The summed E-state index contributed by atoms with van der Waals surface area (Å²) in [5.74, 6) is -0.462. The van der Waals surface area contributed by atoms with E-state index in [1.54, 1.807) is 30.3 Å². The third-order valence-corrected chi connectivity index (χ3v) is 5.16. The predicted molar refractivity (Wildman–Crippen MR) is 146 cm³/mol. The number of ether oxygens (including phenoxy) is 1. The van der Waals surface area contributed by atoms with E-state index in [-0.39, 0.29) is 22.6 Å². The van der Waals surface area contributed by atoms with Crippen molar-refractivity contribution < 1.29 is 22.3 Å². The van der Waals surface area contributed by atoms with E-state index in [9.17, 15) is 17.6 Å². The second kappa shape index (κ2) is 12.8. The number of nitrogens with zero attached hydrogens (tertiary/aromatic N) is 3. The second-order valence-corrected chi connectivity index (χ2v) is 8.51. The molecule has 0 amide bonds. The summed E-state index contributed by atoms with van der Waals surface area (Å²) in [6.07, 6.45) is -2.03. The lowest BCUT2D eigenvalue weighted by Gasteiger charge is -2.15. The molecule has 7 nitrogen and oxygen atoms in total. The number of hydrazone groups is 1. The average molecular weight is 545 g/mol. The Morgan fingerprint density at radius 2 is 1.71 bits per heavy atom. The number of para-hydroxylation sites is 1. The molecule has 0 aromatic heterocycles. The Balaban J connectivity index is 1.54. The van der Waals surface area contributed by atoms with Gasteiger partial charge >= 0.3 is 6.36 Å². The van der Waals surface area contributed by atoms with E-state index in [2.05, 4.69) is 30.6 Å². The van der Waals surface area contributed by atoms with Gasteiger partial charge in [0.05, 0.1) is 17.6 Å². The van der Waals surface area contributed by atoms with E-state index < -0.39 is 12.2 Å². The Kier molecular flexibility index (Phi) is 9.49. The first kappa shape index (κ1) is 28.3. The van der Waals surface area contributed by atoms with Gasteiger partial charge in [0.2, 0.25) is 0 Å². The van der Waals surface area contributed by atoms with Crippen molar-refractivity contribution in [3.05, 3.63) is 89.2 Å². The molecule has 0 saturated heterocycles. The fourth-order valence-corrected chi connectivity index (χ4v) is 3.32. The number of thiocarbonyl (C=S) groups is 1. The van der Waals surface area contributed by atoms with Crippen LogP contribution in [0, 0.1) is 5.82 Å². The Hall–Kier alpha value is -4.32. The first-order valence-corrected chi connectivity index (χ1v) is 11.6. The maximum Gasteiger partial charge on any atom is 0.573 e. The zero-order valence-corrected chi connectivity index (χ0v) is 21.1. The van der Waals surface area contributed by atoms with E-state index in [0.717, 1.165) is 23.3 Å². The van der Waals surface area contributed by atoms with Gasteiger partial charge in [0.25, 0.3) is 0 Å². The summed E-state index contributed by atoms with van der Waals surface area (Å²) in [4.78, 5) is 8.08. The lowest BCUT2D eigenvalue weighted by molar-refractivity contribution is -0.274. The van der Waals surface area contributed by atoms with E-state index in [1.807, 2.05) is 19.9 Å². The van der Waals surface area contributed by atoms with Crippen LogP contribution in [0.1, 0.15) is 36.5 Å². The number of amidine groups is 1. The quantitative estimate of drug-likeness (QED) is 0.103. The van der Waals surface area contributed by atoms with Crippen LogP contribution < -0.4 is 21.2 Å². The standard InChI is InChI=1S/C26H24F4N6OS/c1-16(2)21-4-3-5-22(27)23(21)35-25(38)36-34-14-17-6-8-18(9-7-17)24(31)33-15-32-19-10-12-20(13-11-19)37-26(28,29)30/h3-16H,1-2H3,(H2,31,32,33)(H2,35,36,38)/b34-14-. The highest BCUT2D eigenvalue weighted by atomic mass is 32.1. The molecule has 3 rings (SSSR count). The summed E-state index contributed by atoms with van der Waals surface area (Å²) in [6, 6.07) is 16.8. The van der Waals surface area contributed by atoms with Gasteiger partial charge in [-0.05, 0) is 59.6 Å². The molecule has 0 fully saturated rings. The van der Waals surface area contributed by atoms with Crippen molar-refractivity contribution in [2.75, 3.05) is 5.32 Å². The average Bonchev–Trinajstić information content (AvgIpc) is 2.85. The number of nitrogens with one attached hydrogen (secondary N) is 2. The van der Waals surface area contributed by atoms with Crippen LogP contribution in [-0.2, 0) is 0 Å². The van der Waals surface area contributed by atoms with Crippen LogP contribution >= 0.6 is 12.2 Å². The van der Waals surface area contributed by atoms with E-state index in [4.69, 9.17) is 18.0 Å². The minimum absolute atomic E-state index is 0.105. The van der Waals surface area contributed by atoms with Gasteiger partial charge in [-0.2, -0.15) is 5.10 Å². The summed E-state index contributed by atoms with van der Waals surface area (Å²) in [5, 5.41) is 7.06. The number of nitrogens with two attached hydrogens (primary N) is 1. The van der Waals surface area contributed by atoms with Gasteiger partial charge in [0.1, 0.15) is 23.7 Å². The molecule has 3 aromatic rings. The zero-order chi connectivity index (χ0) is 27.7. The van der Waals surface area contributed by atoms with E-state index >= 15 is 0 Å². The predicted octanol–water partition coefficient (Wildman–Crippen LogP) is 6.23. The van der Waals surface area contributed by atoms with Crippen molar-refractivity contribution in [1.82, 2.24) is 5.43 Å². The monoisotopic (exact) mass is 544 g/mol. The molecular formula is C26H24F4N6OS. The molecule has 38 heavy (non-hydrogen) atoms. The van der Waals surface area contributed by atoms with Crippen molar-refractivity contribution >= 4 is 47.1 Å². The molecule has 0 bridgehead atoms. The van der Waals surface area contributed by atoms with Crippen LogP contribution in [0.4, 0.5) is 28.9 Å². The Morgan fingerprint density at radius 3 is 2.34 bits per heavy atom. The Morgan fingerprint density at radius 1 is 1.03 bits per heavy atom. The first-order chi connectivity index (χ1) is 18.0. The largest absolute Gasteiger partial charge is 0.573 e. The molecule has 3 aromatic carbocycles. The fraction of sp³-hybridized carbons (Fsp3) is 0.154. The van der Waals surface area contributed by atoms with E-state index in [1.165, 1.54) is 30.8 Å². The van der Waals surface area contributed by atoms with Gasteiger partial charge in [-0.3, -0.25) is 5.43 Å².